The van der Waals surface area contributed by atoms with Gasteiger partial charge >= 0.3 is 0 Å². The van der Waals surface area contributed by atoms with Crippen LogP contribution in [0.3, 0.4) is 0 Å². The lowest BCUT2D eigenvalue weighted by molar-refractivity contribution is -0.00601. The molecule has 0 aromatic rings. The molecule has 1 rings (SSSR count). The average Bonchev–Trinajstić information content (AvgIpc) is 2.38. The summed E-state index contributed by atoms with van der Waals surface area (Å²) in [4.78, 5) is 0. The van der Waals surface area contributed by atoms with E-state index < -0.39 is 0 Å². The zero-order valence-electron chi connectivity index (χ0n) is 9.68. The average molecular weight is 194 g/mol. The molecule has 0 saturated carbocycles. The van der Waals surface area contributed by atoms with E-state index in [1.807, 2.05) is 6.08 Å². The van der Waals surface area contributed by atoms with Gasteiger partial charge in [-0.1, -0.05) is 31.9 Å². The first-order valence-electron chi connectivity index (χ1n) is 5.59. The quantitative estimate of drug-likeness (QED) is 0.604. The highest BCUT2D eigenvalue weighted by Gasteiger charge is 2.30. The van der Waals surface area contributed by atoms with E-state index in [2.05, 4.69) is 33.4 Å². The number of ether oxygens (including phenoxy) is 1. The normalized spacial score (nSPS) is 24.8. The Hall–Kier alpha value is -0.560. The Morgan fingerprint density at radius 3 is 2.86 bits per heavy atom. The molecule has 1 unspecified atom stereocenters. The maximum absolute atomic E-state index is 5.98. The molecule has 0 aromatic heterocycles. The zero-order valence-corrected chi connectivity index (χ0v) is 9.68. The van der Waals surface area contributed by atoms with Gasteiger partial charge in [-0.15, -0.1) is 6.58 Å². The van der Waals surface area contributed by atoms with Gasteiger partial charge in [0, 0.05) is 0 Å². The van der Waals surface area contributed by atoms with Crippen molar-refractivity contribution in [3.05, 3.63) is 24.3 Å². The Balaban J connectivity index is 2.59. The lowest BCUT2D eigenvalue weighted by Crippen LogP contribution is -2.21. The molecule has 0 saturated heterocycles. The summed E-state index contributed by atoms with van der Waals surface area (Å²) in [6, 6.07) is 0. The van der Waals surface area contributed by atoms with E-state index in [0.717, 1.165) is 12.8 Å². The molecule has 0 fully saturated rings. The molecule has 0 bridgehead atoms. The molecule has 1 heteroatoms. The highest BCUT2D eigenvalue weighted by atomic mass is 16.5. The number of hydrogen-bond acceptors (Lipinski definition) is 1. The van der Waals surface area contributed by atoms with Crippen molar-refractivity contribution in [3.63, 3.8) is 0 Å². The molecule has 0 N–H and O–H groups in total. The number of hydrogen-bond donors (Lipinski definition) is 0. The third-order valence-electron chi connectivity index (χ3n) is 2.59. The minimum Gasteiger partial charge on any atom is -0.364 e. The standard InChI is InChI=1S/C13H22O/c1-5-7-9-12-11(8-6-2)10-13(3,4)14-12/h6,10,12H,2,5,7-9H2,1,3-4H3. The number of allylic oxidation sites excluding steroid dienone is 1. The molecule has 1 aliphatic heterocycles. The molecule has 1 nitrogen and oxygen atoms in total. The van der Waals surface area contributed by atoms with Crippen molar-refractivity contribution in [2.24, 2.45) is 0 Å². The van der Waals surface area contributed by atoms with Crippen LogP contribution in [0.2, 0.25) is 0 Å². The van der Waals surface area contributed by atoms with Crippen LogP contribution in [0.1, 0.15) is 46.5 Å². The molecule has 1 aliphatic rings. The summed E-state index contributed by atoms with van der Waals surface area (Å²) in [6.45, 7) is 10.3. The van der Waals surface area contributed by atoms with E-state index in [9.17, 15) is 0 Å². The smallest absolute Gasteiger partial charge is 0.0818 e. The SMILES string of the molecule is C=CCC1=CC(C)(C)OC1CCCC. The third kappa shape index (κ3) is 2.98. The van der Waals surface area contributed by atoms with Crippen molar-refractivity contribution in [1.29, 1.82) is 0 Å². The molecule has 1 heterocycles. The molecule has 1 atom stereocenters. The van der Waals surface area contributed by atoms with E-state index in [1.165, 1.54) is 18.4 Å². The van der Waals surface area contributed by atoms with Crippen LogP contribution in [-0.2, 0) is 4.74 Å². The molecular formula is C13H22O. The van der Waals surface area contributed by atoms with Gasteiger partial charge in [0.2, 0.25) is 0 Å². The molecule has 0 aromatic carbocycles. The van der Waals surface area contributed by atoms with E-state index in [-0.39, 0.29) is 5.60 Å². The third-order valence-corrected chi connectivity index (χ3v) is 2.59. The second-order valence-electron chi connectivity index (χ2n) is 4.56. The fraction of sp³-hybridized carbons (Fsp3) is 0.692. The predicted molar refractivity (Wildman–Crippen MR) is 61.4 cm³/mol. The van der Waals surface area contributed by atoms with Crippen molar-refractivity contribution in [3.8, 4) is 0 Å². The van der Waals surface area contributed by atoms with Gasteiger partial charge in [0.1, 0.15) is 0 Å². The maximum Gasteiger partial charge on any atom is 0.0818 e. The first kappa shape index (κ1) is 11.5. The molecule has 0 amide bonds. The van der Waals surface area contributed by atoms with Crippen molar-refractivity contribution in [2.75, 3.05) is 0 Å². The lowest BCUT2D eigenvalue weighted by atomic mass is 10.0. The van der Waals surface area contributed by atoms with E-state index in [1.54, 1.807) is 0 Å². The van der Waals surface area contributed by atoms with Gasteiger partial charge in [0.05, 0.1) is 11.7 Å². The highest BCUT2D eigenvalue weighted by Crippen LogP contribution is 2.32. The Bertz CT molecular complexity index is 225. The van der Waals surface area contributed by atoms with Crippen LogP contribution in [0.25, 0.3) is 0 Å². The molecule has 80 valence electrons. The van der Waals surface area contributed by atoms with Crippen LogP contribution in [0.5, 0.6) is 0 Å². The summed E-state index contributed by atoms with van der Waals surface area (Å²) in [5, 5.41) is 0. The highest BCUT2D eigenvalue weighted by molar-refractivity contribution is 5.22. The summed E-state index contributed by atoms with van der Waals surface area (Å²) < 4.78 is 5.98. The minimum absolute atomic E-state index is 0.0727. The predicted octanol–water partition coefficient (Wildman–Crippen LogP) is 3.86. The topological polar surface area (TPSA) is 9.23 Å². The Labute approximate surface area is 87.8 Å². The van der Waals surface area contributed by atoms with Crippen molar-refractivity contribution in [2.45, 2.75) is 58.2 Å². The summed E-state index contributed by atoms with van der Waals surface area (Å²) >= 11 is 0. The molecule has 14 heavy (non-hydrogen) atoms. The monoisotopic (exact) mass is 194 g/mol. The Morgan fingerprint density at radius 1 is 1.57 bits per heavy atom. The van der Waals surface area contributed by atoms with Crippen LogP contribution < -0.4 is 0 Å². The fourth-order valence-electron chi connectivity index (χ4n) is 2.01. The second-order valence-corrected chi connectivity index (χ2v) is 4.56. The first-order chi connectivity index (χ1) is 6.59. The summed E-state index contributed by atoms with van der Waals surface area (Å²) in [7, 11) is 0. The van der Waals surface area contributed by atoms with Crippen molar-refractivity contribution < 1.29 is 4.74 Å². The van der Waals surface area contributed by atoms with E-state index in [4.69, 9.17) is 4.74 Å². The Morgan fingerprint density at radius 2 is 2.29 bits per heavy atom. The summed E-state index contributed by atoms with van der Waals surface area (Å²) in [6.07, 6.45) is 9.17. The second kappa shape index (κ2) is 4.79. The van der Waals surface area contributed by atoms with Crippen LogP contribution in [0, 0.1) is 0 Å². The van der Waals surface area contributed by atoms with Crippen molar-refractivity contribution in [1.82, 2.24) is 0 Å². The Kier molecular flexibility index (Phi) is 3.94. The van der Waals surface area contributed by atoms with Crippen LogP contribution in [-0.4, -0.2) is 11.7 Å². The van der Waals surface area contributed by atoms with Gasteiger partial charge in [-0.25, -0.2) is 0 Å². The van der Waals surface area contributed by atoms with Gasteiger partial charge < -0.3 is 4.74 Å². The molecule has 0 spiro atoms. The lowest BCUT2D eigenvalue weighted by Gasteiger charge is -2.20. The van der Waals surface area contributed by atoms with Crippen LogP contribution in [0.15, 0.2) is 24.3 Å². The molecule has 0 radical (unpaired) electrons. The van der Waals surface area contributed by atoms with Crippen LogP contribution >= 0.6 is 0 Å². The van der Waals surface area contributed by atoms with E-state index in [0.29, 0.717) is 6.10 Å². The van der Waals surface area contributed by atoms with E-state index >= 15 is 0 Å². The maximum atomic E-state index is 5.98. The number of rotatable bonds is 5. The molecular weight excluding hydrogens is 172 g/mol. The van der Waals surface area contributed by atoms with Crippen LogP contribution in [0.4, 0.5) is 0 Å². The van der Waals surface area contributed by atoms with Gasteiger partial charge in [0.15, 0.2) is 0 Å². The zero-order chi connectivity index (χ0) is 10.6. The van der Waals surface area contributed by atoms with Gasteiger partial charge in [-0.3, -0.25) is 0 Å². The largest absolute Gasteiger partial charge is 0.364 e. The fourth-order valence-corrected chi connectivity index (χ4v) is 2.01. The summed E-state index contributed by atoms with van der Waals surface area (Å²) in [5.74, 6) is 0. The minimum atomic E-state index is -0.0727. The first-order valence-corrected chi connectivity index (χ1v) is 5.59. The van der Waals surface area contributed by atoms with Gasteiger partial charge in [0.25, 0.3) is 0 Å². The van der Waals surface area contributed by atoms with Gasteiger partial charge in [-0.2, -0.15) is 0 Å². The van der Waals surface area contributed by atoms with Crippen molar-refractivity contribution >= 4 is 0 Å². The number of unbranched alkanes of at least 4 members (excludes halogenated alkanes) is 1. The molecule has 0 aliphatic carbocycles. The summed E-state index contributed by atoms with van der Waals surface area (Å²) in [5.41, 5.74) is 1.34. The van der Waals surface area contributed by atoms with Gasteiger partial charge in [-0.05, 0) is 32.3 Å².